The van der Waals surface area contributed by atoms with Crippen molar-refractivity contribution in [3.8, 4) is 12.3 Å². The van der Waals surface area contributed by atoms with Crippen molar-refractivity contribution < 1.29 is 22.5 Å². The molecule has 6 heteroatoms. The van der Waals surface area contributed by atoms with Crippen molar-refractivity contribution in [1.29, 1.82) is 0 Å². The van der Waals surface area contributed by atoms with Crippen molar-refractivity contribution in [3.05, 3.63) is 0 Å². The lowest BCUT2D eigenvalue weighted by atomic mass is 10.4. The van der Waals surface area contributed by atoms with Crippen LogP contribution in [-0.4, -0.2) is 27.4 Å². The van der Waals surface area contributed by atoms with Gasteiger partial charge >= 0.3 is 5.97 Å². The van der Waals surface area contributed by atoms with E-state index in [0.717, 1.165) is 0 Å². The first-order chi connectivity index (χ1) is 5.57. The van der Waals surface area contributed by atoms with Crippen LogP contribution < -0.4 is 0 Å². The summed E-state index contributed by atoms with van der Waals surface area (Å²) in [4.78, 5) is 10.7. The topological polar surface area (TPSA) is 75.7 Å². The highest BCUT2D eigenvalue weighted by molar-refractivity contribution is 7.74. The van der Waals surface area contributed by atoms with Gasteiger partial charge in [0.25, 0.3) is 0 Å². The maximum Gasteiger partial charge on any atom is 0.337 e. The molecule has 12 heavy (non-hydrogen) atoms. The fraction of sp³-hybridized carbons (Fsp3) is 0.500. The summed E-state index contributed by atoms with van der Waals surface area (Å²) in [5.74, 6) is 1.25. The van der Waals surface area contributed by atoms with Gasteiger partial charge in [0.1, 0.15) is 0 Å². The van der Waals surface area contributed by atoms with E-state index in [1.54, 1.807) is 0 Å². The van der Waals surface area contributed by atoms with Gasteiger partial charge in [-0.2, -0.15) is 0 Å². The SMILES string of the molecule is C#CCOC(=O)C(C)OS(=O)[O-]. The van der Waals surface area contributed by atoms with E-state index in [4.69, 9.17) is 6.42 Å². The Morgan fingerprint density at radius 1 is 1.83 bits per heavy atom. The fourth-order valence-electron chi connectivity index (χ4n) is 0.387. The zero-order valence-electron chi connectivity index (χ0n) is 6.31. The van der Waals surface area contributed by atoms with Crippen LogP contribution in [0.15, 0.2) is 0 Å². The van der Waals surface area contributed by atoms with E-state index in [1.807, 2.05) is 0 Å². The van der Waals surface area contributed by atoms with E-state index < -0.39 is 23.4 Å². The summed E-state index contributed by atoms with van der Waals surface area (Å²) in [6.07, 6.45) is 3.63. The van der Waals surface area contributed by atoms with Gasteiger partial charge in [0.15, 0.2) is 12.7 Å². The maximum absolute atomic E-state index is 10.7. The Hall–Kier alpha value is -0.900. The Bertz CT molecular complexity index is 218. The van der Waals surface area contributed by atoms with E-state index in [1.165, 1.54) is 6.92 Å². The molecule has 0 saturated heterocycles. The highest BCUT2D eigenvalue weighted by atomic mass is 32.2. The molecule has 0 bridgehead atoms. The molecule has 0 aromatic heterocycles. The van der Waals surface area contributed by atoms with Crippen molar-refractivity contribution in [3.63, 3.8) is 0 Å². The number of carbonyl (C=O) groups is 1. The van der Waals surface area contributed by atoms with Crippen molar-refractivity contribution >= 4 is 17.3 Å². The predicted molar refractivity (Wildman–Crippen MR) is 39.3 cm³/mol. The van der Waals surface area contributed by atoms with Crippen molar-refractivity contribution in [1.82, 2.24) is 0 Å². The number of hydrogen-bond donors (Lipinski definition) is 0. The predicted octanol–water partition coefficient (Wildman–Crippen LogP) is -0.638. The normalized spacial score (nSPS) is 14.4. The molecule has 0 saturated carbocycles. The summed E-state index contributed by atoms with van der Waals surface area (Å²) in [5, 5.41) is 0. The van der Waals surface area contributed by atoms with Gasteiger partial charge < -0.3 is 9.29 Å². The molecule has 0 fully saturated rings. The average molecular weight is 191 g/mol. The quantitative estimate of drug-likeness (QED) is 0.335. The molecule has 0 aliphatic carbocycles. The second-order valence-corrected chi connectivity index (χ2v) is 2.36. The molecule has 0 aliphatic heterocycles. The summed E-state index contributed by atoms with van der Waals surface area (Å²) in [6.45, 7) is 1.05. The first kappa shape index (κ1) is 11.1. The third-order valence-electron chi connectivity index (χ3n) is 0.853. The van der Waals surface area contributed by atoms with Crippen LogP contribution in [0.5, 0.6) is 0 Å². The minimum Gasteiger partial charge on any atom is -0.750 e. The van der Waals surface area contributed by atoms with E-state index in [-0.39, 0.29) is 6.61 Å². The summed E-state index contributed by atoms with van der Waals surface area (Å²) in [5.41, 5.74) is 0. The molecule has 0 aliphatic rings. The van der Waals surface area contributed by atoms with Gasteiger partial charge in [0, 0.05) is 0 Å². The Labute approximate surface area is 72.5 Å². The van der Waals surface area contributed by atoms with E-state index in [9.17, 15) is 13.6 Å². The summed E-state index contributed by atoms with van der Waals surface area (Å²) < 4.78 is 28.3. The molecule has 2 atom stereocenters. The van der Waals surface area contributed by atoms with Gasteiger partial charge in [0.05, 0.1) is 11.4 Å². The van der Waals surface area contributed by atoms with Gasteiger partial charge in [0.2, 0.25) is 0 Å². The van der Waals surface area contributed by atoms with Crippen molar-refractivity contribution in [2.75, 3.05) is 6.61 Å². The van der Waals surface area contributed by atoms with Gasteiger partial charge in [-0.05, 0) is 6.92 Å². The monoisotopic (exact) mass is 191 g/mol. The second-order valence-electron chi connectivity index (χ2n) is 1.75. The van der Waals surface area contributed by atoms with Gasteiger partial charge in [-0.3, -0.25) is 4.18 Å². The Balaban J connectivity index is 3.78. The number of hydrogen-bond acceptors (Lipinski definition) is 5. The molecule has 2 unspecified atom stereocenters. The molecular formula is C6H7O5S-. The number of ether oxygens (including phenoxy) is 1. The molecule has 0 spiro atoms. The number of terminal acetylenes is 1. The van der Waals surface area contributed by atoms with Gasteiger partial charge in [-0.25, -0.2) is 9.00 Å². The first-order valence-electron chi connectivity index (χ1n) is 2.94. The van der Waals surface area contributed by atoms with E-state index in [2.05, 4.69) is 14.8 Å². The van der Waals surface area contributed by atoms with Crippen LogP contribution in [0.4, 0.5) is 0 Å². The molecule has 0 rings (SSSR count). The largest absolute Gasteiger partial charge is 0.750 e. The number of esters is 1. The average Bonchev–Trinajstić information content (AvgIpc) is 1.98. The smallest absolute Gasteiger partial charge is 0.337 e. The molecule has 0 N–H and O–H groups in total. The molecule has 0 heterocycles. The minimum atomic E-state index is -2.72. The lowest BCUT2D eigenvalue weighted by Gasteiger charge is -2.11. The summed E-state index contributed by atoms with van der Waals surface area (Å²) in [7, 11) is 0. The number of carbonyl (C=O) groups excluding carboxylic acids is 1. The van der Waals surface area contributed by atoms with Crippen LogP contribution in [0.3, 0.4) is 0 Å². The van der Waals surface area contributed by atoms with Gasteiger partial charge in [-0.15, -0.1) is 6.42 Å². The molecule has 5 nitrogen and oxygen atoms in total. The first-order valence-corrected chi connectivity index (χ1v) is 3.94. The summed E-state index contributed by atoms with van der Waals surface area (Å²) in [6, 6.07) is 0. The third-order valence-corrected chi connectivity index (χ3v) is 1.30. The van der Waals surface area contributed by atoms with Crippen LogP contribution >= 0.6 is 0 Å². The molecule has 0 aromatic rings. The molecule has 0 aromatic carbocycles. The summed E-state index contributed by atoms with van der Waals surface area (Å²) >= 11 is -2.72. The standard InChI is InChI=1S/C6H8O5S/c1-3-4-10-6(7)5(2)11-12(8)9/h1,5H,4H2,2H3,(H,8,9)/p-1. The Morgan fingerprint density at radius 2 is 2.42 bits per heavy atom. The molecular weight excluding hydrogens is 184 g/mol. The lowest BCUT2D eigenvalue weighted by Crippen LogP contribution is -2.24. The van der Waals surface area contributed by atoms with Gasteiger partial charge in [-0.1, -0.05) is 5.92 Å². The van der Waals surface area contributed by atoms with E-state index in [0.29, 0.717) is 0 Å². The third kappa shape index (κ3) is 4.85. The fourth-order valence-corrected chi connectivity index (χ4v) is 0.702. The van der Waals surface area contributed by atoms with Crippen molar-refractivity contribution in [2.45, 2.75) is 13.0 Å². The maximum atomic E-state index is 10.7. The Morgan fingerprint density at radius 3 is 2.83 bits per heavy atom. The van der Waals surface area contributed by atoms with Crippen LogP contribution in [0.25, 0.3) is 0 Å². The zero-order chi connectivity index (χ0) is 9.56. The molecule has 0 radical (unpaired) electrons. The Kier molecular flexibility index (Phi) is 5.28. The number of rotatable bonds is 4. The minimum absolute atomic E-state index is 0.196. The zero-order valence-corrected chi connectivity index (χ0v) is 7.13. The van der Waals surface area contributed by atoms with Crippen LogP contribution in [0, 0.1) is 12.3 Å². The van der Waals surface area contributed by atoms with Crippen LogP contribution in [-0.2, 0) is 25.1 Å². The van der Waals surface area contributed by atoms with Crippen LogP contribution in [0.1, 0.15) is 6.92 Å². The molecule has 68 valence electrons. The highest BCUT2D eigenvalue weighted by Gasteiger charge is 2.14. The molecule has 0 amide bonds. The lowest BCUT2D eigenvalue weighted by molar-refractivity contribution is -0.149. The van der Waals surface area contributed by atoms with Crippen molar-refractivity contribution in [2.24, 2.45) is 0 Å². The second kappa shape index (κ2) is 5.71. The van der Waals surface area contributed by atoms with E-state index >= 15 is 0 Å². The highest BCUT2D eigenvalue weighted by Crippen LogP contribution is 1.95. The van der Waals surface area contributed by atoms with Crippen LogP contribution in [0.2, 0.25) is 0 Å².